The Hall–Kier alpha value is -1.75. The van der Waals surface area contributed by atoms with Gasteiger partial charge in [-0.15, -0.1) is 0 Å². The van der Waals surface area contributed by atoms with Crippen LogP contribution in [-0.2, 0) is 11.3 Å². The molecule has 0 aromatic heterocycles. The minimum absolute atomic E-state index is 0.0144. The van der Waals surface area contributed by atoms with Gasteiger partial charge in [-0.25, -0.2) is 0 Å². The number of aromatic hydroxyl groups is 1. The van der Waals surface area contributed by atoms with E-state index >= 15 is 0 Å². The largest absolute Gasteiger partial charge is 0.504 e. The maximum atomic E-state index is 11.3. The van der Waals surface area contributed by atoms with E-state index in [0.717, 1.165) is 24.9 Å². The first-order valence-electron chi connectivity index (χ1n) is 7.44. The second-order valence-electron chi connectivity index (χ2n) is 5.53. The van der Waals surface area contributed by atoms with Gasteiger partial charge in [0.2, 0.25) is 0 Å². The fourth-order valence-electron chi connectivity index (χ4n) is 2.93. The molecule has 5 heteroatoms. The number of carbonyl (C=O) groups is 1. The third-order valence-corrected chi connectivity index (χ3v) is 4.15. The van der Waals surface area contributed by atoms with Gasteiger partial charge in [0.1, 0.15) is 0 Å². The van der Waals surface area contributed by atoms with Gasteiger partial charge in [0, 0.05) is 12.6 Å². The Labute approximate surface area is 125 Å². The molecule has 2 N–H and O–H groups in total. The van der Waals surface area contributed by atoms with Crippen molar-refractivity contribution in [2.75, 3.05) is 13.2 Å². The lowest BCUT2D eigenvalue weighted by Crippen LogP contribution is -2.45. The van der Waals surface area contributed by atoms with Crippen molar-refractivity contribution in [1.29, 1.82) is 0 Å². The number of hydrogen-bond acceptors (Lipinski definition) is 4. The Morgan fingerprint density at radius 3 is 2.90 bits per heavy atom. The molecule has 2 rings (SSSR count). The summed E-state index contributed by atoms with van der Waals surface area (Å²) in [5, 5.41) is 19.0. The minimum atomic E-state index is -0.715. The fraction of sp³-hybridized carbons (Fsp3) is 0.562. The van der Waals surface area contributed by atoms with Crippen molar-refractivity contribution in [3.63, 3.8) is 0 Å². The molecule has 0 aliphatic carbocycles. The van der Waals surface area contributed by atoms with Crippen molar-refractivity contribution in [3.8, 4) is 11.5 Å². The molecule has 0 amide bonds. The summed E-state index contributed by atoms with van der Waals surface area (Å²) >= 11 is 0. The van der Waals surface area contributed by atoms with Gasteiger partial charge < -0.3 is 14.9 Å². The van der Waals surface area contributed by atoms with Crippen molar-refractivity contribution in [2.45, 2.75) is 39.3 Å². The van der Waals surface area contributed by atoms with E-state index in [9.17, 15) is 15.0 Å². The number of ether oxygens (including phenoxy) is 1. The number of benzene rings is 1. The summed E-state index contributed by atoms with van der Waals surface area (Å²) in [6.45, 7) is 5.91. The van der Waals surface area contributed by atoms with Gasteiger partial charge >= 0.3 is 5.97 Å². The van der Waals surface area contributed by atoms with Crippen LogP contribution in [0.2, 0.25) is 0 Å². The fourth-order valence-corrected chi connectivity index (χ4v) is 2.93. The second-order valence-corrected chi connectivity index (χ2v) is 5.53. The zero-order chi connectivity index (χ0) is 15.4. The van der Waals surface area contributed by atoms with E-state index in [4.69, 9.17) is 4.74 Å². The maximum Gasteiger partial charge on any atom is 0.308 e. The zero-order valence-corrected chi connectivity index (χ0v) is 12.6. The van der Waals surface area contributed by atoms with Gasteiger partial charge in [-0.2, -0.15) is 0 Å². The van der Waals surface area contributed by atoms with Gasteiger partial charge in [-0.3, -0.25) is 9.69 Å². The van der Waals surface area contributed by atoms with Crippen LogP contribution in [0.1, 0.15) is 32.3 Å². The van der Waals surface area contributed by atoms with Gasteiger partial charge in [-0.1, -0.05) is 6.07 Å². The van der Waals surface area contributed by atoms with Gasteiger partial charge in [-0.05, 0) is 50.9 Å². The highest BCUT2D eigenvalue weighted by Crippen LogP contribution is 2.29. The summed E-state index contributed by atoms with van der Waals surface area (Å²) in [6, 6.07) is 5.33. The molecule has 0 unspecified atom stereocenters. The molecule has 1 aliphatic heterocycles. The molecule has 1 aromatic rings. The molecule has 0 radical (unpaired) electrons. The Morgan fingerprint density at radius 1 is 1.48 bits per heavy atom. The van der Waals surface area contributed by atoms with Crippen LogP contribution in [0, 0.1) is 5.92 Å². The summed E-state index contributed by atoms with van der Waals surface area (Å²) in [7, 11) is 0. The summed E-state index contributed by atoms with van der Waals surface area (Å²) in [5.74, 6) is -0.403. The van der Waals surface area contributed by atoms with E-state index in [1.807, 2.05) is 26.0 Å². The van der Waals surface area contributed by atoms with Crippen molar-refractivity contribution in [2.24, 2.45) is 5.92 Å². The summed E-state index contributed by atoms with van der Waals surface area (Å²) in [6.07, 6.45) is 1.64. The predicted molar refractivity (Wildman–Crippen MR) is 79.5 cm³/mol. The molecule has 1 heterocycles. The molecule has 5 nitrogen and oxygen atoms in total. The summed E-state index contributed by atoms with van der Waals surface area (Å²) in [4.78, 5) is 13.5. The van der Waals surface area contributed by atoms with Crippen LogP contribution < -0.4 is 4.74 Å². The number of carboxylic acids is 1. The number of carboxylic acid groups (broad SMARTS) is 1. The third-order valence-electron chi connectivity index (χ3n) is 4.15. The highest BCUT2D eigenvalue weighted by Gasteiger charge is 2.32. The Bertz CT molecular complexity index is 503. The summed E-state index contributed by atoms with van der Waals surface area (Å²) in [5.41, 5.74) is 1.02. The van der Waals surface area contributed by atoms with Crippen LogP contribution >= 0.6 is 0 Å². The lowest BCUT2D eigenvalue weighted by Gasteiger charge is -2.37. The number of phenolic OH excluding ortho intramolecular Hbond substituents is 1. The molecule has 1 saturated heterocycles. The topological polar surface area (TPSA) is 70.0 Å². The normalized spacial score (nSPS) is 23.0. The standard InChI is InChI=1S/C16H23NO4/c1-3-21-15-9-12(6-7-14(15)18)10-17-8-4-5-13(11(17)2)16(19)20/h6-7,9,11,13,18H,3-5,8,10H2,1-2H3,(H,19,20)/t11-,13-/m0/s1. The van der Waals surface area contributed by atoms with Gasteiger partial charge in [0.15, 0.2) is 11.5 Å². The third kappa shape index (κ3) is 3.67. The molecular weight excluding hydrogens is 270 g/mol. The van der Waals surface area contributed by atoms with Crippen LogP contribution in [0.15, 0.2) is 18.2 Å². The first-order valence-corrected chi connectivity index (χ1v) is 7.44. The summed E-state index contributed by atoms with van der Waals surface area (Å²) < 4.78 is 5.39. The average molecular weight is 293 g/mol. The number of nitrogens with zero attached hydrogens (tertiary/aromatic N) is 1. The van der Waals surface area contributed by atoms with Crippen molar-refractivity contribution >= 4 is 5.97 Å². The molecular formula is C16H23NO4. The van der Waals surface area contributed by atoms with Crippen molar-refractivity contribution in [3.05, 3.63) is 23.8 Å². The van der Waals surface area contributed by atoms with Crippen LogP contribution in [0.4, 0.5) is 0 Å². The zero-order valence-electron chi connectivity index (χ0n) is 12.6. The Balaban J connectivity index is 2.10. The van der Waals surface area contributed by atoms with E-state index in [2.05, 4.69) is 4.90 Å². The monoisotopic (exact) mass is 293 g/mol. The van der Waals surface area contributed by atoms with E-state index < -0.39 is 5.97 Å². The highest BCUT2D eigenvalue weighted by atomic mass is 16.5. The van der Waals surface area contributed by atoms with Gasteiger partial charge in [0.25, 0.3) is 0 Å². The highest BCUT2D eigenvalue weighted by molar-refractivity contribution is 5.71. The average Bonchev–Trinajstić information content (AvgIpc) is 2.44. The number of piperidine rings is 1. The van der Waals surface area contributed by atoms with Crippen LogP contribution in [-0.4, -0.2) is 40.3 Å². The molecule has 0 spiro atoms. The van der Waals surface area contributed by atoms with E-state index in [0.29, 0.717) is 18.9 Å². The van der Waals surface area contributed by atoms with Crippen LogP contribution in [0.5, 0.6) is 11.5 Å². The molecule has 116 valence electrons. The number of rotatable bonds is 5. The molecule has 1 fully saturated rings. The predicted octanol–water partition coefficient (Wildman–Crippen LogP) is 2.48. The quantitative estimate of drug-likeness (QED) is 0.872. The molecule has 1 aromatic carbocycles. The molecule has 0 bridgehead atoms. The van der Waals surface area contributed by atoms with Crippen LogP contribution in [0.3, 0.4) is 0 Å². The van der Waals surface area contributed by atoms with Crippen LogP contribution in [0.25, 0.3) is 0 Å². The smallest absolute Gasteiger partial charge is 0.308 e. The molecule has 2 atom stereocenters. The van der Waals surface area contributed by atoms with E-state index in [1.165, 1.54) is 0 Å². The van der Waals surface area contributed by atoms with Crippen molar-refractivity contribution < 1.29 is 19.7 Å². The number of phenols is 1. The SMILES string of the molecule is CCOc1cc(CN2CCC[C@H](C(=O)O)[C@@H]2C)ccc1O. The van der Waals surface area contributed by atoms with E-state index in [1.54, 1.807) is 6.07 Å². The Kier molecular flexibility index (Phi) is 5.07. The Morgan fingerprint density at radius 2 is 2.24 bits per heavy atom. The lowest BCUT2D eigenvalue weighted by molar-refractivity contribution is -0.145. The number of hydrogen-bond donors (Lipinski definition) is 2. The molecule has 1 aliphatic rings. The van der Waals surface area contributed by atoms with Crippen molar-refractivity contribution in [1.82, 2.24) is 4.90 Å². The first-order chi connectivity index (χ1) is 10.0. The van der Waals surface area contributed by atoms with E-state index in [-0.39, 0.29) is 17.7 Å². The lowest BCUT2D eigenvalue weighted by atomic mass is 9.90. The number of likely N-dealkylation sites (tertiary alicyclic amines) is 1. The minimum Gasteiger partial charge on any atom is -0.504 e. The molecule has 0 saturated carbocycles. The van der Waals surface area contributed by atoms with Gasteiger partial charge in [0.05, 0.1) is 12.5 Å². The molecule has 21 heavy (non-hydrogen) atoms. The number of aliphatic carboxylic acids is 1. The second kappa shape index (κ2) is 6.80. The first kappa shape index (κ1) is 15.6. The maximum absolute atomic E-state index is 11.3.